The summed E-state index contributed by atoms with van der Waals surface area (Å²) in [5, 5.41) is 4.00. The van der Waals surface area contributed by atoms with Crippen LogP contribution in [0.5, 0.6) is 11.5 Å². The van der Waals surface area contributed by atoms with Gasteiger partial charge in [0.15, 0.2) is 0 Å². The van der Waals surface area contributed by atoms with Crippen LogP contribution in [0.3, 0.4) is 0 Å². The molecule has 77 heavy (non-hydrogen) atoms. The van der Waals surface area contributed by atoms with Crippen molar-refractivity contribution in [3.05, 3.63) is 236 Å². The second-order valence-electron chi connectivity index (χ2n) is 21.9. The summed E-state index contributed by atoms with van der Waals surface area (Å²) in [6, 6.07) is 71.7. The van der Waals surface area contributed by atoms with E-state index in [1.54, 1.807) is 12.1 Å². The first kappa shape index (κ1) is 49.6. The van der Waals surface area contributed by atoms with Gasteiger partial charge in [0.1, 0.15) is 22.8 Å². The van der Waals surface area contributed by atoms with Crippen molar-refractivity contribution < 1.29 is 34.6 Å². The Kier molecular flexibility index (Phi) is 12.3. The van der Waals surface area contributed by atoms with Crippen LogP contribution in [0.25, 0.3) is 82.9 Å². The van der Waals surface area contributed by atoms with Gasteiger partial charge in [-0.05, 0) is 112 Å². The van der Waals surface area contributed by atoms with Crippen LogP contribution in [-0.2, 0) is 31.9 Å². The van der Waals surface area contributed by atoms with Crippen LogP contribution in [0, 0.1) is 31.5 Å². The van der Waals surface area contributed by atoms with Crippen LogP contribution in [-0.4, -0.2) is 9.55 Å². The monoisotopic (exact) mass is 1180 g/mol. The topological polar surface area (TPSA) is 46.7 Å². The summed E-state index contributed by atoms with van der Waals surface area (Å²) in [4.78, 5) is 9.67. The number of ether oxygens (including phenoxy) is 1. The molecular weight excluding hydrogens is 1130 g/mol. The van der Waals surface area contributed by atoms with E-state index in [0.29, 0.717) is 17.3 Å². The SMILES string of the molecule is Cc1cc(-n2c3[c-]c(Oc4[c-]c(N5[CH-]N(c6c(-c7ccccc7)cc(C(C)(C)C)cc6-c6ccccc6)c6ccccc65)cc(C(C)(C)C)c4)ccc3c3c4oc5ccccc5c4ccc32)ncc1-c1ccc(F)cc1.[Pt]. The van der Waals surface area contributed by atoms with Gasteiger partial charge in [0.2, 0.25) is 0 Å². The smallest absolute Gasteiger partial charge is 0.135 e. The number of anilines is 4. The predicted molar refractivity (Wildman–Crippen MR) is 310 cm³/mol. The molecule has 0 N–H and O–H groups in total. The van der Waals surface area contributed by atoms with Gasteiger partial charge in [-0.15, -0.1) is 48.3 Å². The van der Waals surface area contributed by atoms with E-state index in [9.17, 15) is 4.39 Å². The van der Waals surface area contributed by atoms with Gasteiger partial charge in [-0.1, -0.05) is 156 Å². The minimum atomic E-state index is -0.278. The van der Waals surface area contributed by atoms with Crippen molar-refractivity contribution in [1.29, 1.82) is 0 Å². The zero-order valence-corrected chi connectivity index (χ0v) is 46.1. The Labute approximate surface area is 463 Å². The third-order valence-corrected chi connectivity index (χ3v) is 14.8. The molecule has 6 nitrogen and oxygen atoms in total. The van der Waals surface area contributed by atoms with E-state index in [-0.39, 0.29) is 37.7 Å². The number of benzene rings is 9. The first-order valence-electron chi connectivity index (χ1n) is 25.9. The zero-order chi connectivity index (χ0) is 52.0. The van der Waals surface area contributed by atoms with E-state index in [4.69, 9.17) is 14.1 Å². The normalized spacial score (nSPS) is 12.7. The molecular formula is C69H54FN4O2Pt-3. The number of para-hydroxylation sites is 3. The molecule has 4 heterocycles. The maximum atomic E-state index is 14.0. The number of aryl methyl sites for hydroxylation is 1. The molecule has 0 unspecified atom stereocenters. The largest absolute Gasteiger partial charge is 0.509 e. The van der Waals surface area contributed by atoms with Crippen molar-refractivity contribution in [3.8, 4) is 50.7 Å². The molecule has 9 aromatic carbocycles. The molecule has 0 amide bonds. The Morgan fingerprint density at radius 1 is 0.558 bits per heavy atom. The third kappa shape index (κ3) is 8.77. The Morgan fingerprint density at radius 3 is 1.82 bits per heavy atom. The van der Waals surface area contributed by atoms with Gasteiger partial charge in [-0.25, -0.2) is 9.37 Å². The molecule has 13 rings (SSSR count). The van der Waals surface area contributed by atoms with E-state index in [1.807, 2.05) is 30.5 Å². The summed E-state index contributed by atoms with van der Waals surface area (Å²) in [5.74, 6) is 1.52. The summed E-state index contributed by atoms with van der Waals surface area (Å²) in [7, 11) is 0. The van der Waals surface area contributed by atoms with Crippen LogP contribution in [0.15, 0.2) is 199 Å². The minimum absolute atomic E-state index is 0. The summed E-state index contributed by atoms with van der Waals surface area (Å²) in [5.41, 5.74) is 16.8. The summed E-state index contributed by atoms with van der Waals surface area (Å²) in [6.45, 7) is 17.8. The number of halogens is 1. The van der Waals surface area contributed by atoms with E-state index in [0.717, 1.165) is 111 Å². The van der Waals surface area contributed by atoms with E-state index in [1.165, 1.54) is 17.7 Å². The van der Waals surface area contributed by atoms with Crippen molar-refractivity contribution >= 4 is 66.5 Å². The van der Waals surface area contributed by atoms with Gasteiger partial charge >= 0.3 is 0 Å². The fourth-order valence-corrected chi connectivity index (χ4v) is 10.8. The van der Waals surface area contributed by atoms with Crippen LogP contribution in [0.2, 0.25) is 0 Å². The number of rotatable bonds is 8. The van der Waals surface area contributed by atoms with Crippen LogP contribution in [0.4, 0.5) is 27.1 Å². The Balaban J connectivity index is 0.00000596. The number of aromatic nitrogens is 2. The molecule has 0 saturated heterocycles. The standard InChI is InChI=1S/C69H54FN4O2.Pt/c1-43-34-64(71-41-58(43)46-26-28-49(70)29-27-46)74-61-33-32-54-53-22-14-17-25-63(53)76-67(54)65(61)55-31-30-51(40-62(55)74)75-52-36-47(68(2,3)4)35-50(39-52)72-42-73(60-24-16-15-23-59(60)72)66-56(44-18-10-8-11-19-44)37-48(69(5,6)7)38-57(66)45-20-12-9-13-21-45;/h8-38,41-42H,1-7H3;/q-3;. The van der Waals surface area contributed by atoms with Crippen LogP contribution in [0.1, 0.15) is 58.2 Å². The van der Waals surface area contributed by atoms with Gasteiger partial charge in [0.25, 0.3) is 0 Å². The van der Waals surface area contributed by atoms with Gasteiger partial charge in [0.05, 0.1) is 0 Å². The van der Waals surface area contributed by atoms with Gasteiger partial charge < -0.3 is 23.5 Å². The molecule has 0 bridgehead atoms. The number of hydrogen-bond donors (Lipinski definition) is 0. The van der Waals surface area contributed by atoms with Crippen molar-refractivity contribution in [2.75, 3.05) is 9.80 Å². The molecule has 3 aromatic heterocycles. The molecule has 0 radical (unpaired) electrons. The van der Waals surface area contributed by atoms with Gasteiger partial charge in [0, 0.05) is 88.8 Å². The number of furan rings is 1. The molecule has 1 aliphatic heterocycles. The Morgan fingerprint density at radius 2 is 1.16 bits per heavy atom. The fraction of sp³-hybridized carbons (Fsp3) is 0.130. The van der Waals surface area contributed by atoms with E-state index < -0.39 is 0 Å². The second-order valence-corrected chi connectivity index (χ2v) is 21.9. The third-order valence-electron chi connectivity index (χ3n) is 14.8. The van der Waals surface area contributed by atoms with Crippen molar-refractivity contribution in [2.45, 2.75) is 59.3 Å². The summed E-state index contributed by atoms with van der Waals surface area (Å²) < 4.78 is 29.8. The predicted octanol–water partition coefficient (Wildman–Crippen LogP) is 18.9. The molecule has 0 fully saturated rings. The number of nitrogens with zero attached hydrogens (tertiary/aromatic N) is 4. The minimum Gasteiger partial charge on any atom is -0.509 e. The second kappa shape index (κ2) is 19.1. The van der Waals surface area contributed by atoms with Gasteiger partial charge in [-0.3, -0.25) is 0 Å². The molecule has 12 aromatic rings. The summed E-state index contributed by atoms with van der Waals surface area (Å²) in [6.07, 6.45) is 1.87. The Hall–Kier alpha value is -8.25. The van der Waals surface area contributed by atoms with E-state index >= 15 is 0 Å². The molecule has 8 heteroatoms. The maximum absolute atomic E-state index is 14.0. The number of hydrogen-bond acceptors (Lipinski definition) is 5. The molecule has 382 valence electrons. The van der Waals surface area contributed by atoms with Crippen LogP contribution >= 0.6 is 0 Å². The molecule has 1 aliphatic rings. The fourth-order valence-electron chi connectivity index (χ4n) is 10.8. The maximum Gasteiger partial charge on any atom is 0.135 e. The van der Waals surface area contributed by atoms with Gasteiger partial charge in [-0.2, -0.15) is 6.07 Å². The Bertz CT molecular complexity index is 4170. The molecule has 0 atom stereocenters. The van der Waals surface area contributed by atoms with E-state index in [2.05, 4.69) is 221 Å². The average Bonchev–Trinajstić information content (AvgIpc) is 4.34. The molecule has 0 saturated carbocycles. The number of pyridine rings is 1. The zero-order valence-electron chi connectivity index (χ0n) is 43.9. The van der Waals surface area contributed by atoms with Crippen molar-refractivity contribution in [2.24, 2.45) is 0 Å². The first-order valence-corrected chi connectivity index (χ1v) is 25.9. The molecule has 0 aliphatic carbocycles. The summed E-state index contributed by atoms with van der Waals surface area (Å²) >= 11 is 0. The first-order chi connectivity index (χ1) is 36.7. The average molecular weight is 1190 g/mol. The van der Waals surface area contributed by atoms with Crippen LogP contribution < -0.4 is 14.5 Å². The molecule has 0 spiro atoms. The number of fused-ring (bicyclic) bond motifs is 8. The van der Waals surface area contributed by atoms with Crippen molar-refractivity contribution in [1.82, 2.24) is 9.55 Å². The quantitative estimate of drug-likeness (QED) is 0.142. The van der Waals surface area contributed by atoms with Crippen molar-refractivity contribution in [3.63, 3.8) is 0 Å².